The summed E-state index contributed by atoms with van der Waals surface area (Å²) in [5, 5.41) is 3.28. The van der Waals surface area contributed by atoms with E-state index < -0.39 is 0 Å². The Balaban J connectivity index is 2.75. The lowest BCUT2D eigenvalue weighted by Crippen LogP contribution is -2.15. The van der Waals surface area contributed by atoms with Crippen LogP contribution in [0.3, 0.4) is 0 Å². The first-order chi connectivity index (χ1) is 7.11. The first-order valence-corrected chi connectivity index (χ1v) is 5.35. The van der Waals surface area contributed by atoms with E-state index in [9.17, 15) is 0 Å². The van der Waals surface area contributed by atoms with Gasteiger partial charge in [0.2, 0.25) is 0 Å². The van der Waals surface area contributed by atoms with Crippen LogP contribution in [-0.2, 0) is 6.54 Å². The van der Waals surface area contributed by atoms with Crippen molar-refractivity contribution in [2.45, 2.75) is 26.8 Å². The topological polar surface area (TPSA) is 41.1 Å². The number of rotatable bonds is 5. The van der Waals surface area contributed by atoms with Gasteiger partial charge < -0.3 is 10.2 Å². The maximum absolute atomic E-state index is 4.45. The van der Waals surface area contributed by atoms with Gasteiger partial charge in [-0.25, -0.2) is 9.97 Å². The van der Waals surface area contributed by atoms with Gasteiger partial charge in [-0.15, -0.1) is 0 Å². The molecule has 0 atom stereocenters. The Morgan fingerprint density at radius 1 is 1.33 bits per heavy atom. The molecule has 1 aromatic heterocycles. The Labute approximate surface area is 91.7 Å². The molecule has 0 amide bonds. The van der Waals surface area contributed by atoms with E-state index in [1.807, 2.05) is 27.1 Å². The van der Waals surface area contributed by atoms with E-state index in [2.05, 4.69) is 27.1 Å². The van der Waals surface area contributed by atoms with Gasteiger partial charge >= 0.3 is 0 Å². The molecule has 4 nitrogen and oxygen atoms in total. The highest BCUT2D eigenvalue weighted by Crippen LogP contribution is 2.07. The van der Waals surface area contributed by atoms with Crippen molar-refractivity contribution in [3.63, 3.8) is 0 Å². The number of aromatic nitrogens is 2. The molecular formula is C11H20N4. The fraction of sp³-hybridized carbons (Fsp3) is 0.636. The van der Waals surface area contributed by atoms with Gasteiger partial charge in [0.05, 0.1) is 6.54 Å². The molecule has 0 radical (unpaired) electrons. The van der Waals surface area contributed by atoms with Crippen LogP contribution in [0.4, 0.5) is 5.82 Å². The summed E-state index contributed by atoms with van der Waals surface area (Å²) in [6, 6.07) is 1.98. The van der Waals surface area contributed by atoms with Crippen molar-refractivity contribution >= 4 is 5.82 Å². The minimum absolute atomic E-state index is 0.780. The summed E-state index contributed by atoms with van der Waals surface area (Å²) in [4.78, 5) is 10.9. The van der Waals surface area contributed by atoms with Gasteiger partial charge in [0, 0.05) is 18.3 Å². The third kappa shape index (κ3) is 4.25. The van der Waals surface area contributed by atoms with Crippen LogP contribution in [0, 0.1) is 6.92 Å². The Hall–Kier alpha value is -1.16. The predicted octanol–water partition coefficient (Wildman–Crippen LogP) is 1.67. The predicted molar refractivity (Wildman–Crippen MR) is 62.9 cm³/mol. The Bertz CT molecular complexity index is 309. The highest BCUT2D eigenvalue weighted by atomic mass is 15.1. The van der Waals surface area contributed by atoms with Crippen molar-refractivity contribution < 1.29 is 0 Å². The molecule has 0 aliphatic heterocycles. The molecule has 0 saturated carbocycles. The van der Waals surface area contributed by atoms with Crippen LogP contribution in [0.2, 0.25) is 0 Å². The number of nitrogens with zero attached hydrogens (tertiary/aromatic N) is 3. The van der Waals surface area contributed by atoms with Crippen molar-refractivity contribution in [3.05, 3.63) is 17.6 Å². The molecule has 1 aromatic rings. The van der Waals surface area contributed by atoms with E-state index in [4.69, 9.17) is 0 Å². The molecule has 0 aromatic carbocycles. The van der Waals surface area contributed by atoms with Crippen molar-refractivity contribution in [2.24, 2.45) is 0 Å². The van der Waals surface area contributed by atoms with E-state index in [1.165, 1.54) is 0 Å². The average Bonchev–Trinajstić information content (AvgIpc) is 2.12. The lowest BCUT2D eigenvalue weighted by atomic mass is 10.4. The van der Waals surface area contributed by atoms with Crippen LogP contribution in [0.5, 0.6) is 0 Å². The van der Waals surface area contributed by atoms with E-state index in [0.717, 1.165) is 36.8 Å². The van der Waals surface area contributed by atoms with Crippen LogP contribution in [0.1, 0.15) is 24.9 Å². The molecule has 0 aliphatic rings. The third-order valence-corrected chi connectivity index (χ3v) is 1.91. The third-order valence-electron chi connectivity index (χ3n) is 1.91. The quantitative estimate of drug-likeness (QED) is 0.799. The zero-order valence-corrected chi connectivity index (χ0v) is 10.0. The highest BCUT2D eigenvalue weighted by molar-refractivity contribution is 5.35. The van der Waals surface area contributed by atoms with Crippen molar-refractivity contribution in [2.75, 3.05) is 26.0 Å². The first-order valence-electron chi connectivity index (χ1n) is 5.35. The summed E-state index contributed by atoms with van der Waals surface area (Å²) in [5.41, 5.74) is 1.01. The lowest BCUT2D eigenvalue weighted by Gasteiger charge is -2.11. The number of anilines is 1. The second-order valence-corrected chi connectivity index (χ2v) is 3.98. The minimum Gasteiger partial charge on any atom is -0.370 e. The maximum atomic E-state index is 4.45. The molecule has 0 spiro atoms. The number of hydrogen-bond donors (Lipinski definition) is 1. The standard InChI is InChI=1S/C11H20N4/c1-5-6-12-10-7-9(2)13-11(14-10)8-15(3)4/h7H,5-6,8H2,1-4H3,(H,12,13,14). The number of hydrogen-bond acceptors (Lipinski definition) is 4. The second-order valence-electron chi connectivity index (χ2n) is 3.98. The van der Waals surface area contributed by atoms with Gasteiger partial charge in [0.25, 0.3) is 0 Å². The van der Waals surface area contributed by atoms with Gasteiger partial charge in [0.1, 0.15) is 11.6 Å². The molecule has 0 bridgehead atoms. The fourth-order valence-electron chi connectivity index (χ4n) is 1.33. The zero-order chi connectivity index (χ0) is 11.3. The monoisotopic (exact) mass is 208 g/mol. The molecule has 15 heavy (non-hydrogen) atoms. The molecule has 0 aliphatic carbocycles. The van der Waals surface area contributed by atoms with Gasteiger partial charge in [-0.05, 0) is 27.4 Å². The van der Waals surface area contributed by atoms with Crippen molar-refractivity contribution in [1.29, 1.82) is 0 Å². The smallest absolute Gasteiger partial charge is 0.144 e. The first kappa shape index (κ1) is 11.9. The van der Waals surface area contributed by atoms with Gasteiger partial charge in [-0.3, -0.25) is 0 Å². The Morgan fingerprint density at radius 2 is 2.07 bits per heavy atom. The van der Waals surface area contributed by atoms with Crippen LogP contribution < -0.4 is 5.32 Å². The summed E-state index contributed by atoms with van der Waals surface area (Å²) in [7, 11) is 4.04. The summed E-state index contributed by atoms with van der Waals surface area (Å²) in [6.45, 7) is 5.88. The molecule has 84 valence electrons. The van der Waals surface area contributed by atoms with Crippen LogP contribution in [0.25, 0.3) is 0 Å². The van der Waals surface area contributed by atoms with Gasteiger partial charge in [-0.1, -0.05) is 6.92 Å². The van der Waals surface area contributed by atoms with E-state index >= 15 is 0 Å². The van der Waals surface area contributed by atoms with E-state index in [1.54, 1.807) is 0 Å². The Kier molecular flexibility index (Phi) is 4.49. The molecule has 1 heterocycles. The average molecular weight is 208 g/mol. The maximum Gasteiger partial charge on any atom is 0.144 e. The van der Waals surface area contributed by atoms with Crippen molar-refractivity contribution in [3.8, 4) is 0 Å². The largest absolute Gasteiger partial charge is 0.370 e. The second kappa shape index (κ2) is 5.66. The van der Waals surface area contributed by atoms with Crippen LogP contribution in [-0.4, -0.2) is 35.5 Å². The molecule has 4 heteroatoms. The van der Waals surface area contributed by atoms with Crippen molar-refractivity contribution in [1.82, 2.24) is 14.9 Å². The fourth-order valence-corrected chi connectivity index (χ4v) is 1.33. The minimum atomic E-state index is 0.780. The molecular weight excluding hydrogens is 188 g/mol. The normalized spacial score (nSPS) is 10.7. The molecule has 0 unspecified atom stereocenters. The molecule has 1 rings (SSSR count). The SMILES string of the molecule is CCCNc1cc(C)nc(CN(C)C)n1. The summed E-state index contributed by atoms with van der Waals surface area (Å²) in [6.07, 6.45) is 1.10. The molecule has 1 N–H and O–H groups in total. The zero-order valence-electron chi connectivity index (χ0n) is 10.0. The highest BCUT2D eigenvalue weighted by Gasteiger charge is 2.02. The molecule has 0 saturated heterocycles. The van der Waals surface area contributed by atoms with E-state index in [-0.39, 0.29) is 0 Å². The Morgan fingerprint density at radius 3 is 2.67 bits per heavy atom. The lowest BCUT2D eigenvalue weighted by molar-refractivity contribution is 0.390. The van der Waals surface area contributed by atoms with Crippen LogP contribution >= 0.6 is 0 Å². The molecule has 0 fully saturated rings. The van der Waals surface area contributed by atoms with Gasteiger partial charge in [-0.2, -0.15) is 0 Å². The summed E-state index contributed by atoms with van der Waals surface area (Å²) >= 11 is 0. The van der Waals surface area contributed by atoms with Crippen LogP contribution in [0.15, 0.2) is 6.07 Å². The number of nitrogens with one attached hydrogen (secondary N) is 1. The summed E-state index contributed by atoms with van der Waals surface area (Å²) < 4.78 is 0. The number of aryl methyl sites for hydroxylation is 1. The van der Waals surface area contributed by atoms with Gasteiger partial charge in [0.15, 0.2) is 0 Å². The van der Waals surface area contributed by atoms with E-state index in [0.29, 0.717) is 0 Å². The summed E-state index contributed by atoms with van der Waals surface area (Å²) in [5.74, 6) is 1.81.